The SMILES string of the molecule is CC/C=C/C=C/C=C\C=C/C=C/CC(CC(=O)NC(CO)C(O)CCCCCCCCCCCCCCCC)OC(=O)CCCCCCCCCCCCCC. The van der Waals surface area contributed by atoms with Gasteiger partial charge in [-0.05, 0) is 19.3 Å². The normalized spacial score (nSPS) is 13.9. The van der Waals surface area contributed by atoms with Gasteiger partial charge in [0.2, 0.25) is 5.91 Å². The summed E-state index contributed by atoms with van der Waals surface area (Å²) >= 11 is 0. The van der Waals surface area contributed by atoms with Gasteiger partial charge in [0.25, 0.3) is 0 Å². The van der Waals surface area contributed by atoms with Gasteiger partial charge in [0.1, 0.15) is 6.10 Å². The Hall–Kier alpha value is -2.44. The molecule has 0 saturated carbocycles. The number of rotatable bonds is 41. The molecule has 0 radical (unpaired) electrons. The lowest BCUT2D eigenvalue weighted by Gasteiger charge is -2.24. The van der Waals surface area contributed by atoms with Crippen molar-refractivity contribution in [2.75, 3.05) is 6.61 Å². The average Bonchev–Trinajstić information content (AvgIpc) is 3.19. The van der Waals surface area contributed by atoms with E-state index in [1.807, 2.05) is 54.7 Å². The van der Waals surface area contributed by atoms with Crippen molar-refractivity contribution >= 4 is 11.9 Å². The molecule has 6 nitrogen and oxygen atoms in total. The molecule has 3 atom stereocenters. The molecule has 6 heteroatoms. The number of allylic oxidation sites excluding steroid dienone is 9. The number of hydrogen-bond acceptors (Lipinski definition) is 5. The lowest BCUT2D eigenvalue weighted by Crippen LogP contribution is -2.46. The first-order valence-electron chi connectivity index (χ1n) is 23.6. The molecule has 0 aliphatic heterocycles. The van der Waals surface area contributed by atoms with Crippen LogP contribution >= 0.6 is 0 Å². The topological polar surface area (TPSA) is 95.9 Å². The van der Waals surface area contributed by atoms with Crippen LogP contribution in [0.1, 0.15) is 220 Å². The molecule has 0 rings (SSSR count). The minimum atomic E-state index is -0.816. The second-order valence-corrected chi connectivity index (χ2v) is 15.9. The van der Waals surface area contributed by atoms with Crippen LogP contribution in [-0.2, 0) is 14.3 Å². The molecule has 3 unspecified atom stereocenters. The highest BCUT2D eigenvalue weighted by Gasteiger charge is 2.23. The number of carbonyl (C=O) groups is 2. The second-order valence-electron chi connectivity index (χ2n) is 15.9. The second kappa shape index (κ2) is 43.7. The summed E-state index contributed by atoms with van der Waals surface area (Å²) in [6.45, 7) is 6.29. The maximum atomic E-state index is 13.1. The van der Waals surface area contributed by atoms with Gasteiger partial charge in [-0.1, -0.05) is 242 Å². The van der Waals surface area contributed by atoms with Crippen LogP contribution in [0.25, 0.3) is 0 Å². The molecule has 0 spiro atoms. The smallest absolute Gasteiger partial charge is 0.306 e. The minimum absolute atomic E-state index is 0.0176. The van der Waals surface area contributed by atoms with Crippen LogP contribution in [0.3, 0.4) is 0 Å². The number of esters is 1. The molecule has 56 heavy (non-hydrogen) atoms. The number of nitrogens with one attached hydrogen (secondary N) is 1. The standard InChI is InChI=1S/C50H89NO5/c1-4-7-10-13-16-19-22-24-25-27-30-33-36-39-42-48(53)47(45-52)51-49(54)44-46(41-38-35-32-29-26-21-18-15-12-9-6-3)56-50(55)43-40-37-34-31-28-23-20-17-14-11-8-5-2/h9,12,15,18,21,26,29,32,35,38,46-48,52-53H,4-8,10-11,13-14,16-17,19-20,22-25,27-28,30-31,33-34,36-37,39-45H2,1-3H3,(H,51,54)/b12-9+,18-15+,26-21-,32-29-,38-35+. The van der Waals surface area contributed by atoms with Crippen LogP contribution in [0, 0.1) is 0 Å². The van der Waals surface area contributed by atoms with Crippen molar-refractivity contribution in [3.8, 4) is 0 Å². The van der Waals surface area contributed by atoms with Crippen LogP contribution in [0.2, 0.25) is 0 Å². The van der Waals surface area contributed by atoms with E-state index in [-0.39, 0.29) is 24.9 Å². The molecule has 0 heterocycles. The van der Waals surface area contributed by atoms with Gasteiger partial charge in [-0.3, -0.25) is 9.59 Å². The fraction of sp³-hybridized carbons (Fsp3) is 0.760. The van der Waals surface area contributed by atoms with Crippen molar-refractivity contribution < 1.29 is 24.5 Å². The van der Waals surface area contributed by atoms with Crippen molar-refractivity contribution in [3.05, 3.63) is 60.8 Å². The Balaban J connectivity index is 4.67. The number of hydrogen-bond donors (Lipinski definition) is 3. The monoisotopic (exact) mass is 784 g/mol. The summed E-state index contributed by atoms with van der Waals surface area (Å²) in [7, 11) is 0. The maximum absolute atomic E-state index is 13.1. The summed E-state index contributed by atoms with van der Waals surface area (Å²) in [5.41, 5.74) is 0. The number of ether oxygens (including phenoxy) is 1. The third kappa shape index (κ3) is 38.4. The van der Waals surface area contributed by atoms with Gasteiger partial charge >= 0.3 is 5.97 Å². The van der Waals surface area contributed by atoms with Gasteiger partial charge in [-0.2, -0.15) is 0 Å². The van der Waals surface area contributed by atoms with Crippen LogP contribution in [0.15, 0.2) is 60.8 Å². The third-order valence-electron chi connectivity index (χ3n) is 10.5. The molecule has 0 aromatic heterocycles. The Morgan fingerprint density at radius 3 is 1.36 bits per heavy atom. The molecule has 0 bridgehead atoms. The van der Waals surface area contributed by atoms with E-state index in [4.69, 9.17) is 4.74 Å². The Kier molecular flexibility index (Phi) is 41.8. The van der Waals surface area contributed by atoms with Crippen molar-refractivity contribution in [1.29, 1.82) is 0 Å². The highest BCUT2D eigenvalue weighted by molar-refractivity contribution is 5.77. The van der Waals surface area contributed by atoms with Crippen LogP contribution < -0.4 is 5.32 Å². The van der Waals surface area contributed by atoms with E-state index in [1.54, 1.807) is 0 Å². The van der Waals surface area contributed by atoms with Crippen LogP contribution in [-0.4, -0.2) is 46.9 Å². The Labute approximate surface area is 346 Å². The summed E-state index contributed by atoms with van der Waals surface area (Å²) in [4.78, 5) is 25.9. The molecule has 0 aromatic carbocycles. The zero-order chi connectivity index (χ0) is 41.0. The summed E-state index contributed by atoms with van der Waals surface area (Å²) < 4.78 is 5.82. The zero-order valence-electron chi connectivity index (χ0n) is 36.8. The van der Waals surface area contributed by atoms with E-state index in [0.717, 1.165) is 44.9 Å². The average molecular weight is 784 g/mol. The molecule has 1 amide bonds. The van der Waals surface area contributed by atoms with Gasteiger partial charge in [0, 0.05) is 12.8 Å². The maximum Gasteiger partial charge on any atom is 0.306 e. The number of aliphatic hydroxyl groups is 2. The lowest BCUT2D eigenvalue weighted by atomic mass is 10.0. The largest absolute Gasteiger partial charge is 0.461 e. The van der Waals surface area contributed by atoms with E-state index >= 15 is 0 Å². The molecule has 0 aliphatic rings. The molecule has 324 valence electrons. The molecular weight excluding hydrogens is 695 g/mol. The molecular formula is C50H89NO5. The summed E-state index contributed by atoms with van der Waals surface area (Å²) in [6.07, 6.45) is 53.0. The first kappa shape index (κ1) is 53.6. The van der Waals surface area contributed by atoms with Crippen molar-refractivity contribution in [3.63, 3.8) is 0 Å². The quantitative estimate of drug-likeness (QED) is 0.0326. The fourth-order valence-electron chi connectivity index (χ4n) is 6.92. The predicted octanol–water partition coefficient (Wildman–Crippen LogP) is 13.7. The van der Waals surface area contributed by atoms with Gasteiger partial charge in [0.15, 0.2) is 0 Å². The van der Waals surface area contributed by atoms with E-state index in [2.05, 4.69) is 32.2 Å². The first-order valence-corrected chi connectivity index (χ1v) is 23.6. The molecule has 0 aliphatic carbocycles. The van der Waals surface area contributed by atoms with E-state index < -0.39 is 18.2 Å². The van der Waals surface area contributed by atoms with Crippen LogP contribution in [0.5, 0.6) is 0 Å². The molecule has 0 aromatic rings. The minimum Gasteiger partial charge on any atom is -0.461 e. The Morgan fingerprint density at radius 2 is 0.929 bits per heavy atom. The van der Waals surface area contributed by atoms with Gasteiger partial charge in [-0.25, -0.2) is 0 Å². The highest BCUT2D eigenvalue weighted by atomic mass is 16.5. The van der Waals surface area contributed by atoms with Crippen molar-refractivity contribution in [2.24, 2.45) is 0 Å². The van der Waals surface area contributed by atoms with Gasteiger partial charge < -0.3 is 20.3 Å². The van der Waals surface area contributed by atoms with E-state index in [9.17, 15) is 19.8 Å². The van der Waals surface area contributed by atoms with Crippen LogP contribution in [0.4, 0.5) is 0 Å². The van der Waals surface area contributed by atoms with Crippen molar-refractivity contribution in [1.82, 2.24) is 5.32 Å². The van der Waals surface area contributed by atoms with Crippen molar-refractivity contribution in [2.45, 2.75) is 238 Å². The number of unbranched alkanes of at least 4 members (excludes halogenated alkanes) is 24. The summed E-state index contributed by atoms with van der Waals surface area (Å²) in [6, 6.07) is -0.737. The number of aliphatic hydroxyl groups excluding tert-OH is 2. The number of amides is 1. The number of carbonyl (C=O) groups excluding carboxylic acids is 2. The molecule has 0 fully saturated rings. The van der Waals surface area contributed by atoms with E-state index in [1.165, 1.54) is 128 Å². The molecule has 3 N–H and O–H groups in total. The summed E-state index contributed by atoms with van der Waals surface area (Å²) in [5, 5.41) is 23.6. The lowest BCUT2D eigenvalue weighted by molar-refractivity contribution is -0.150. The van der Waals surface area contributed by atoms with Gasteiger partial charge in [-0.15, -0.1) is 0 Å². The first-order chi connectivity index (χ1) is 27.5. The summed E-state index contributed by atoms with van der Waals surface area (Å²) in [5.74, 6) is -0.606. The van der Waals surface area contributed by atoms with Gasteiger partial charge in [0.05, 0.1) is 25.2 Å². The molecule has 0 saturated heterocycles. The Bertz CT molecular complexity index is 1010. The fourth-order valence-corrected chi connectivity index (χ4v) is 6.92. The zero-order valence-corrected chi connectivity index (χ0v) is 36.8. The predicted molar refractivity (Wildman–Crippen MR) is 241 cm³/mol. The third-order valence-corrected chi connectivity index (χ3v) is 10.5. The van der Waals surface area contributed by atoms with E-state index in [0.29, 0.717) is 19.3 Å². The Morgan fingerprint density at radius 1 is 0.536 bits per heavy atom. The highest BCUT2D eigenvalue weighted by Crippen LogP contribution is 2.16.